The number of allylic oxidation sites excluding steroid dienone is 1. The molecule has 1 aliphatic carbocycles. The third-order valence-electron chi connectivity index (χ3n) is 8.98. The molecule has 5 aromatic rings. The van der Waals surface area contributed by atoms with Crippen LogP contribution in [-0.4, -0.2) is 31.8 Å². The van der Waals surface area contributed by atoms with Crippen molar-refractivity contribution in [1.82, 2.24) is 9.71 Å². The molecule has 0 radical (unpaired) electrons. The van der Waals surface area contributed by atoms with E-state index in [0.717, 1.165) is 61.0 Å². The molecule has 8 nitrogen and oxygen atoms in total. The number of halogens is 1. The van der Waals surface area contributed by atoms with E-state index in [0.29, 0.717) is 37.1 Å². The Labute approximate surface area is 303 Å². The van der Waals surface area contributed by atoms with Crippen molar-refractivity contribution >= 4 is 44.7 Å². The van der Waals surface area contributed by atoms with E-state index in [-0.39, 0.29) is 16.4 Å². The van der Waals surface area contributed by atoms with Crippen molar-refractivity contribution in [1.29, 1.82) is 0 Å². The van der Waals surface area contributed by atoms with Crippen molar-refractivity contribution in [2.75, 3.05) is 11.9 Å². The van der Waals surface area contributed by atoms with E-state index in [1.807, 2.05) is 64.1 Å². The second-order valence-electron chi connectivity index (χ2n) is 12.7. The number of sulfonamides is 1. The van der Waals surface area contributed by atoms with Crippen LogP contribution in [0.25, 0.3) is 16.7 Å². The van der Waals surface area contributed by atoms with Gasteiger partial charge in [0.05, 0.1) is 11.5 Å². The number of hydrogen-bond donors (Lipinski definition) is 2. The number of amides is 2. The summed E-state index contributed by atoms with van der Waals surface area (Å²) < 4.78 is 34.0. The lowest BCUT2D eigenvalue weighted by atomic mass is 9.93. The van der Waals surface area contributed by atoms with Gasteiger partial charge in [0.25, 0.3) is 21.8 Å². The van der Waals surface area contributed by atoms with E-state index in [2.05, 4.69) is 21.1 Å². The molecule has 0 bridgehead atoms. The number of anilines is 1. The molecule has 51 heavy (non-hydrogen) atoms. The highest BCUT2D eigenvalue weighted by Gasteiger charge is 2.29. The van der Waals surface area contributed by atoms with Gasteiger partial charge in [0, 0.05) is 45.7 Å². The molecule has 0 atom stereocenters. The number of nitrogens with one attached hydrogen (secondary N) is 2. The fraction of sp³-hybridized carbons (Fsp3) is 0.195. The molecule has 0 saturated heterocycles. The summed E-state index contributed by atoms with van der Waals surface area (Å²) in [6, 6.07) is 26.3. The zero-order valence-corrected chi connectivity index (χ0v) is 30.4. The Bertz CT molecular complexity index is 2280. The Morgan fingerprint density at radius 3 is 2.24 bits per heavy atom. The summed E-state index contributed by atoms with van der Waals surface area (Å²) >= 11 is 6.34. The largest absolute Gasteiger partial charge is 0.494 e. The Morgan fingerprint density at radius 2 is 1.51 bits per heavy atom. The number of hydrogen-bond acceptors (Lipinski definition) is 6. The highest BCUT2D eigenvalue weighted by molar-refractivity contribution is 7.90. The number of pyridine rings is 1. The predicted octanol–water partition coefficient (Wildman–Crippen LogP) is 8.56. The second-order valence-corrected chi connectivity index (χ2v) is 14.8. The second kappa shape index (κ2) is 14.9. The van der Waals surface area contributed by atoms with E-state index in [9.17, 15) is 18.0 Å². The molecule has 1 aromatic heterocycles. The van der Waals surface area contributed by atoms with Gasteiger partial charge < -0.3 is 10.1 Å². The first-order chi connectivity index (χ1) is 24.4. The maximum Gasteiger partial charge on any atom is 0.265 e. The van der Waals surface area contributed by atoms with Crippen LogP contribution in [0.15, 0.2) is 108 Å². The van der Waals surface area contributed by atoms with E-state index in [1.54, 1.807) is 30.5 Å². The van der Waals surface area contributed by atoms with Crippen molar-refractivity contribution in [2.24, 2.45) is 0 Å². The van der Waals surface area contributed by atoms with Crippen molar-refractivity contribution in [3.63, 3.8) is 0 Å². The predicted molar refractivity (Wildman–Crippen MR) is 202 cm³/mol. The number of rotatable bonds is 11. The Morgan fingerprint density at radius 1 is 0.824 bits per heavy atom. The van der Waals surface area contributed by atoms with Crippen LogP contribution < -0.4 is 14.8 Å². The first-order valence-corrected chi connectivity index (χ1v) is 18.5. The topological polar surface area (TPSA) is 114 Å². The lowest BCUT2D eigenvalue weighted by molar-refractivity contribution is -0.112. The zero-order chi connectivity index (χ0) is 36.3. The quantitative estimate of drug-likeness (QED) is 0.132. The van der Waals surface area contributed by atoms with Gasteiger partial charge in [-0.2, -0.15) is 0 Å². The lowest BCUT2D eigenvalue weighted by Crippen LogP contribution is -2.30. The normalized spacial score (nSPS) is 12.4. The maximum atomic E-state index is 14.1. The van der Waals surface area contributed by atoms with Crippen LogP contribution >= 0.6 is 11.6 Å². The number of benzene rings is 4. The Hall–Kier alpha value is -5.25. The number of ether oxygens (including phenoxy) is 1. The Balaban J connectivity index is 1.24. The van der Waals surface area contributed by atoms with Crippen molar-refractivity contribution in [3.8, 4) is 16.9 Å². The molecule has 10 heteroatoms. The number of aromatic nitrogens is 1. The average molecular weight is 720 g/mol. The van der Waals surface area contributed by atoms with Gasteiger partial charge >= 0.3 is 0 Å². The minimum atomic E-state index is -4.09. The molecule has 6 rings (SSSR count). The van der Waals surface area contributed by atoms with Crippen LogP contribution in [0.1, 0.15) is 56.7 Å². The van der Waals surface area contributed by atoms with E-state index in [1.165, 1.54) is 24.3 Å². The summed E-state index contributed by atoms with van der Waals surface area (Å²) in [6.45, 7) is 8.16. The summed E-state index contributed by atoms with van der Waals surface area (Å²) in [5, 5.41) is 3.69. The number of aryl methyl sites for hydroxylation is 4. The van der Waals surface area contributed by atoms with Gasteiger partial charge in [0.1, 0.15) is 5.75 Å². The third kappa shape index (κ3) is 7.90. The number of carbonyl (C=O) groups excluding carboxylic acids is 2. The fourth-order valence-electron chi connectivity index (χ4n) is 6.36. The molecule has 0 fully saturated rings. The van der Waals surface area contributed by atoms with Crippen LogP contribution in [0.4, 0.5) is 5.69 Å². The summed E-state index contributed by atoms with van der Waals surface area (Å²) in [6.07, 6.45) is 3.43. The van der Waals surface area contributed by atoms with E-state index < -0.39 is 15.9 Å². The minimum absolute atomic E-state index is 0.0178. The molecule has 260 valence electrons. The molecule has 2 N–H and O–H groups in total. The van der Waals surface area contributed by atoms with Crippen molar-refractivity contribution in [2.45, 2.75) is 51.9 Å². The number of carbonyl (C=O) groups is 2. The smallest absolute Gasteiger partial charge is 0.265 e. The van der Waals surface area contributed by atoms with Crippen LogP contribution in [0.5, 0.6) is 5.75 Å². The van der Waals surface area contributed by atoms with Gasteiger partial charge in [0.2, 0.25) is 0 Å². The van der Waals surface area contributed by atoms with Crippen molar-refractivity contribution < 1.29 is 22.7 Å². The Kier molecular flexibility index (Phi) is 10.4. The fourth-order valence-corrected chi connectivity index (χ4v) is 7.44. The van der Waals surface area contributed by atoms with Gasteiger partial charge in [-0.05, 0) is 122 Å². The van der Waals surface area contributed by atoms with Crippen LogP contribution in [0.3, 0.4) is 0 Å². The van der Waals surface area contributed by atoms with Crippen molar-refractivity contribution in [3.05, 3.63) is 147 Å². The molecular formula is C41H38ClN3O5S. The molecule has 1 heterocycles. The van der Waals surface area contributed by atoms with Gasteiger partial charge in [-0.25, -0.2) is 13.1 Å². The van der Waals surface area contributed by atoms with E-state index >= 15 is 0 Å². The molecule has 0 unspecified atom stereocenters. The molecule has 1 aliphatic rings. The highest BCUT2D eigenvalue weighted by Crippen LogP contribution is 2.42. The average Bonchev–Trinajstić information content (AvgIpc) is 3.48. The van der Waals surface area contributed by atoms with E-state index in [4.69, 9.17) is 16.3 Å². The minimum Gasteiger partial charge on any atom is -0.494 e. The lowest BCUT2D eigenvalue weighted by Gasteiger charge is -2.13. The summed E-state index contributed by atoms with van der Waals surface area (Å²) in [5.41, 5.74) is 9.78. The molecule has 4 aromatic carbocycles. The molecule has 2 amide bonds. The highest BCUT2D eigenvalue weighted by atomic mass is 35.5. The first-order valence-electron chi connectivity index (χ1n) is 16.6. The van der Waals surface area contributed by atoms with Gasteiger partial charge in [-0.1, -0.05) is 59.6 Å². The zero-order valence-electron chi connectivity index (χ0n) is 28.8. The van der Waals surface area contributed by atoms with Crippen LogP contribution in [0.2, 0.25) is 5.02 Å². The maximum absolute atomic E-state index is 14.1. The van der Waals surface area contributed by atoms with Gasteiger partial charge in [-0.15, -0.1) is 0 Å². The van der Waals surface area contributed by atoms with Gasteiger partial charge in [-0.3, -0.25) is 14.6 Å². The third-order valence-corrected chi connectivity index (χ3v) is 10.9. The molecule has 0 spiro atoms. The SMILES string of the molecule is Cc1ccc(S(=O)(=O)NC(=O)c2cccc(NC(=O)C3=C(CCCOc4cc(C)c(Cl)c(C)c4)c4cccc(-c5cccnc5C)c4C3)c2)cc1. The van der Waals surface area contributed by atoms with Crippen LogP contribution in [-0.2, 0) is 21.2 Å². The molecular weight excluding hydrogens is 682 g/mol. The standard InChI is InChI=1S/C41H38ClN3O5S/c1-25-15-17-32(18-16-25)51(48,49)45-40(46)29-9-5-10-30(23-29)44-41(47)38-24-37-34(33-13-7-19-43-28(33)4)11-6-12-35(37)36(38)14-8-20-50-31-21-26(2)39(42)27(3)22-31/h5-7,9-13,15-19,21-23H,8,14,20,24H2,1-4H3,(H,44,47)(H,45,46). The number of nitrogens with zero attached hydrogens (tertiary/aromatic N) is 1. The summed E-state index contributed by atoms with van der Waals surface area (Å²) in [4.78, 5) is 31.6. The number of fused-ring (bicyclic) bond motifs is 1. The first kappa shape index (κ1) is 35.6. The van der Waals surface area contributed by atoms with Gasteiger partial charge in [0.15, 0.2) is 0 Å². The van der Waals surface area contributed by atoms with Crippen LogP contribution in [0, 0.1) is 27.7 Å². The summed E-state index contributed by atoms with van der Waals surface area (Å²) in [5.74, 6) is -0.356. The monoisotopic (exact) mass is 719 g/mol. The summed E-state index contributed by atoms with van der Waals surface area (Å²) in [7, 11) is -4.09. The molecule has 0 aliphatic heterocycles. The molecule has 0 saturated carbocycles.